The highest BCUT2D eigenvalue weighted by molar-refractivity contribution is 7.10. The summed E-state index contributed by atoms with van der Waals surface area (Å²) in [5.74, 6) is 0. The number of thiazole rings is 1. The number of hydrogen-bond acceptors (Lipinski definition) is 6. The van der Waals surface area contributed by atoms with E-state index < -0.39 is 6.10 Å². The number of hydrogen-bond donors (Lipinski definition) is 1. The monoisotopic (exact) mass is 312 g/mol. The third-order valence-electron chi connectivity index (χ3n) is 2.76. The summed E-state index contributed by atoms with van der Waals surface area (Å²) in [7, 11) is 1.98. The molecule has 0 aliphatic rings. The summed E-state index contributed by atoms with van der Waals surface area (Å²) in [5.41, 5.74) is 1.06. The van der Waals surface area contributed by atoms with Crippen LogP contribution in [0.2, 0.25) is 0 Å². The number of aromatic nitrogens is 1. The van der Waals surface area contributed by atoms with Crippen LogP contribution >= 0.6 is 22.7 Å². The molecule has 2 heterocycles. The van der Waals surface area contributed by atoms with Gasteiger partial charge in [0, 0.05) is 23.3 Å². The Morgan fingerprint density at radius 2 is 2.30 bits per heavy atom. The minimum atomic E-state index is -0.473. The normalized spacial score (nSPS) is 13.0. The summed E-state index contributed by atoms with van der Waals surface area (Å²) in [5, 5.41) is 15.1. The van der Waals surface area contributed by atoms with Gasteiger partial charge in [0.05, 0.1) is 30.0 Å². The second-order valence-electron chi connectivity index (χ2n) is 4.80. The van der Waals surface area contributed by atoms with Gasteiger partial charge in [-0.2, -0.15) is 0 Å². The maximum Gasteiger partial charge on any atom is 0.0900 e. The third-order valence-corrected chi connectivity index (χ3v) is 4.43. The van der Waals surface area contributed by atoms with Gasteiger partial charge in [-0.25, -0.2) is 4.98 Å². The molecule has 1 atom stereocenters. The predicted molar refractivity (Wildman–Crippen MR) is 83.2 cm³/mol. The molecule has 1 N–H and O–H groups in total. The van der Waals surface area contributed by atoms with E-state index in [1.165, 1.54) is 4.88 Å². The second kappa shape index (κ2) is 7.85. The third kappa shape index (κ3) is 5.30. The Morgan fingerprint density at radius 3 is 2.95 bits per heavy atom. The quantitative estimate of drug-likeness (QED) is 0.813. The lowest BCUT2D eigenvalue weighted by Crippen LogP contribution is -2.31. The van der Waals surface area contributed by atoms with Crippen LogP contribution in [0.3, 0.4) is 0 Å². The molecule has 0 radical (unpaired) electrons. The zero-order chi connectivity index (χ0) is 14.4. The van der Waals surface area contributed by atoms with E-state index in [1.807, 2.05) is 31.5 Å². The van der Waals surface area contributed by atoms with Gasteiger partial charge in [-0.05, 0) is 25.4 Å². The van der Waals surface area contributed by atoms with Crippen LogP contribution in [0.25, 0.3) is 0 Å². The molecule has 0 saturated carbocycles. The zero-order valence-electron chi connectivity index (χ0n) is 11.8. The van der Waals surface area contributed by atoms with Gasteiger partial charge in [0.15, 0.2) is 0 Å². The lowest BCUT2D eigenvalue weighted by Gasteiger charge is -2.19. The number of aryl methyl sites for hydroxylation is 1. The molecule has 2 aromatic heterocycles. The molecule has 4 nitrogen and oxygen atoms in total. The number of thiophene rings is 1. The first-order valence-electron chi connectivity index (χ1n) is 6.51. The van der Waals surface area contributed by atoms with Gasteiger partial charge >= 0.3 is 0 Å². The van der Waals surface area contributed by atoms with Gasteiger partial charge in [0.1, 0.15) is 0 Å². The summed E-state index contributed by atoms with van der Waals surface area (Å²) < 4.78 is 5.52. The molecule has 0 fully saturated rings. The van der Waals surface area contributed by atoms with E-state index in [0.717, 1.165) is 17.2 Å². The number of likely N-dealkylation sites (N-methyl/N-ethyl adjacent to an activating group) is 1. The number of ether oxygens (including phenoxy) is 1. The molecular formula is C14H20N2O2S2. The van der Waals surface area contributed by atoms with Crippen LogP contribution in [0.5, 0.6) is 0 Å². The second-order valence-corrected chi connectivity index (χ2v) is 6.90. The fourth-order valence-corrected chi connectivity index (χ4v) is 3.17. The molecule has 2 aromatic rings. The first-order valence-corrected chi connectivity index (χ1v) is 8.27. The van der Waals surface area contributed by atoms with Gasteiger partial charge in [-0.1, -0.05) is 6.07 Å². The molecular weight excluding hydrogens is 292 g/mol. The fraction of sp³-hybridized carbons (Fsp3) is 0.500. The van der Waals surface area contributed by atoms with Crippen molar-refractivity contribution in [2.24, 2.45) is 0 Å². The van der Waals surface area contributed by atoms with Gasteiger partial charge in [-0.15, -0.1) is 22.7 Å². The maximum atomic E-state index is 9.95. The van der Waals surface area contributed by atoms with Crippen LogP contribution in [0.1, 0.15) is 15.6 Å². The van der Waals surface area contributed by atoms with Crippen molar-refractivity contribution in [3.63, 3.8) is 0 Å². The highest BCUT2D eigenvalue weighted by Crippen LogP contribution is 2.11. The Hall–Kier alpha value is -0.790. The highest BCUT2D eigenvalue weighted by atomic mass is 32.1. The van der Waals surface area contributed by atoms with Crippen LogP contribution in [0.4, 0.5) is 0 Å². The van der Waals surface area contributed by atoms with Crippen LogP contribution in [-0.4, -0.2) is 41.3 Å². The van der Waals surface area contributed by atoms with Gasteiger partial charge in [-0.3, -0.25) is 4.90 Å². The highest BCUT2D eigenvalue weighted by Gasteiger charge is 2.10. The van der Waals surface area contributed by atoms with Crippen molar-refractivity contribution in [3.05, 3.63) is 38.5 Å². The van der Waals surface area contributed by atoms with Crippen molar-refractivity contribution >= 4 is 22.7 Å². The van der Waals surface area contributed by atoms with Gasteiger partial charge in [0.2, 0.25) is 0 Å². The predicted octanol–water partition coefficient (Wildman–Crippen LogP) is 2.52. The number of aliphatic hydroxyl groups is 1. The SMILES string of the molecule is Cc1nc(CN(C)CC(O)COCc2cccs2)cs1. The topological polar surface area (TPSA) is 45.6 Å². The Labute approximate surface area is 127 Å². The van der Waals surface area contributed by atoms with Crippen LogP contribution in [0, 0.1) is 6.92 Å². The first kappa shape index (κ1) is 15.6. The van der Waals surface area contributed by atoms with Crippen LogP contribution < -0.4 is 0 Å². The Morgan fingerprint density at radius 1 is 1.45 bits per heavy atom. The van der Waals surface area contributed by atoms with E-state index in [0.29, 0.717) is 19.8 Å². The van der Waals surface area contributed by atoms with Crippen molar-refractivity contribution in [3.8, 4) is 0 Å². The van der Waals surface area contributed by atoms with Crippen molar-refractivity contribution in [2.45, 2.75) is 26.2 Å². The molecule has 0 saturated heterocycles. The van der Waals surface area contributed by atoms with Crippen molar-refractivity contribution in [1.82, 2.24) is 9.88 Å². The van der Waals surface area contributed by atoms with Crippen LogP contribution in [0.15, 0.2) is 22.9 Å². The minimum Gasteiger partial charge on any atom is -0.389 e. The average Bonchev–Trinajstić information content (AvgIpc) is 3.01. The first-order chi connectivity index (χ1) is 9.63. The Balaban J connectivity index is 1.64. The lowest BCUT2D eigenvalue weighted by molar-refractivity contribution is 0.0134. The summed E-state index contributed by atoms with van der Waals surface area (Å²) >= 11 is 3.32. The maximum absolute atomic E-state index is 9.95. The molecule has 110 valence electrons. The average molecular weight is 312 g/mol. The van der Waals surface area contributed by atoms with Gasteiger partial charge in [0.25, 0.3) is 0 Å². The largest absolute Gasteiger partial charge is 0.389 e. The van der Waals surface area contributed by atoms with E-state index >= 15 is 0 Å². The Bertz CT molecular complexity index is 499. The number of nitrogens with zero attached hydrogens (tertiary/aromatic N) is 2. The summed E-state index contributed by atoms with van der Waals surface area (Å²) in [4.78, 5) is 7.67. The smallest absolute Gasteiger partial charge is 0.0900 e. The molecule has 0 amide bonds. The number of rotatable bonds is 8. The molecule has 1 unspecified atom stereocenters. The van der Waals surface area contributed by atoms with Gasteiger partial charge < -0.3 is 9.84 Å². The van der Waals surface area contributed by atoms with E-state index in [4.69, 9.17) is 4.74 Å². The van der Waals surface area contributed by atoms with Crippen molar-refractivity contribution in [2.75, 3.05) is 20.2 Å². The van der Waals surface area contributed by atoms with Crippen molar-refractivity contribution in [1.29, 1.82) is 0 Å². The zero-order valence-corrected chi connectivity index (χ0v) is 13.4. The van der Waals surface area contributed by atoms with E-state index in [1.54, 1.807) is 22.7 Å². The van der Waals surface area contributed by atoms with E-state index in [-0.39, 0.29) is 0 Å². The fourth-order valence-electron chi connectivity index (χ4n) is 1.92. The molecule has 0 spiro atoms. The summed E-state index contributed by atoms with van der Waals surface area (Å²) in [6, 6.07) is 4.04. The molecule has 0 aliphatic heterocycles. The molecule has 2 rings (SSSR count). The van der Waals surface area contributed by atoms with Crippen molar-refractivity contribution < 1.29 is 9.84 Å². The molecule has 20 heavy (non-hydrogen) atoms. The standard InChI is InChI=1S/C14H20N2O2S2/c1-11-15-12(10-20-11)6-16(2)7-13(17)8-18-9-14-4-3-5-19-14/h3-5,10,13,17H,6-9H2,1-2H3. The summed E-state index contributed by atoms with van der Waals surface area (Å²) in [6.07, 6.45) is -0.473. The van der Waals surface area contributed by atoms with E-state index in [9.17, 15) is 5.11 Å². The van der Waals surface area contributed by atoms with Crippen LogP contribution in [-0.2, 0) is 17.9 Å². The minimum absolute atomic E-state index is 0.359. The number of aliphatic hydroxyl groups excluding tert-OH is 1. The Kier molecular flexibility index (Phi) is 6.12. The molecule has 6 heteroatoms. The summed E-state index contributed by atoms with van der Waals surface area (Å²) in [6.45, 7) is 4.27. The molecule has 0 bridgehead atoms. The lowest BCUT2D eigenvalue weighted by atomic mass is 10.3. The molecule has 0 aliphatic carbocycles. The van der Waals surface area contributed by atoms with E-state index in [2.05, 4.69) is 15.3 Å². The molecule has 0 aromatic carbocycles.